The summed E-state index contributed by atoms with van der Waals surface area (Å²) < 4.78 is 26.8. The molecule has 296 valence electrons. The Morgan fingerprint density at radius 3 is 1.39 bits per heavy atom. The zero-order valence-electron chi connectivity index (χ0n) is 30.7. The van der Waals surface area contributed by atoms with Crippen molar-refractivity contribution in [2.24, 2.45) is 5.11 Å². The van der Waals surface area contributed by atoms with Crippen molar-refractivity contribution < 1.29 is 53.1 Å². The van der Waals surface area contributed by atoms with Gasteiger partial charge in [0.25, 0.3) is 0 Å². The molecule has 4 N–H and O–H groups in total. The van der Waals surface area contributed by atoms with E-state index >= 15 is 0 Å². The van der Waals surface area contributed by atoms with Crippen molar-refractivity contribution in [1.82, 2.24) is 10.6 Å². The van der Waals surface area contributed by atoms with Crippen LogP contribution in [0.4, 0.5) is 0 Å². The number of nitrogens with zero attached hydrogens (tertiary/aromatic N) is 3. The Morgan fingerprint density at radius 1 is 0.549 bits per heavy atom. The topological polar surface area (TPSA) is 228 Å². The van der Waals surface area contributed by atoms with E-state index in [-0.39, 0.29) is 50.6 Å². The molecule has 16 heteroatoms. The lowest BCUT2D eigenvalue weighted by Crippen LogP contribution is -2.41. The molecule has 16 nitrogen and oxygen atoms in total. The Hall–Kier alpha value is -3.01. The quantitative estimate of drug-likeness (QED) is 0.0278. The van der Waals surface area contributed by atoms with Gasteiger partial charge in [0, 0.05) is 37.3 Å². The predicted molar refractivity (Wildman–Crippen MR) is 191 cm³/mol. The third-order valence-corrected chi connectivity index (χ3v) is 7.79. The number of azide groups is 1. The van der Waals surface area contributed by atoms with Gasteiger partial charge in [-0.15, -0.1) is 0 Å². The van der Waals surface area contributed by atoms with Crippen LogP contribution in [0.25, 0.3) is 10.4 Å². The van der Waals surface area contributed by atoms with Gasteiger partial charge in [-0.2, -0.15) is 0 Å². The predicted octanol–water partition coefficient (Wildman–Crippen LogP) is 5.17. The van der Waals surface area contributed by atoms with E-state index in [1.54, 1.807) is 0 Å². The van der Waals surface area contributed by atoms with E-state index in [4.69, 9.17) is 34.3 Å². The summed E-state index contributed by atoms with van der Waals surface area (Å²) in [5, 5.41) is 26.7. The molecule has 0 unspecified atom stereocenters. The molecular weight excluding hydrogens is 666 g/mol. The van der Waals surface area contributed by atoms with Crippen LogP contribution in [-0.4, -0.2) is 119 Å². The fourth-order valence-corrected chi connectivity index (χ4v) is 4.97. The van der Waals surface area contributed by atoms with Gasteiger partial charge in [0.05, 0.1) is 66.1 Å². The van der Waals surface area contributed by atoms with E-state index < -0.39 is 18.0 Å². The fourth-order valence-electron chi connectivity index (χ4n) is 4.97. The first-order chi connectivity index (χ1) is 24.9. The number of unbranched alkanes of at least 4 members (excludes halogenated alkanes) is 13. The zero-order valence-corrected chi connectivity index (χ0v) is 30.7. The first kappa shape index (κ1) is 48.0. The summed E-state index contributed by atoms with van der Waals surface area (Å²) in [4.78, 5) is 49.1. The van der Waals surface area contributed by atoms with E-state index in [0.717, 1.165) is 38.5 Å². The highest BCUT2D eigenvalue weighted by atomic mass is 16.6. The van der Waals surface area contributed by atoms with E-state index in [9.17, 15) is 24.3 Å². The highest BCUT2D eigenvalue weighted by molar-refractivity contribution is 5.84. The molecule has 0 saturated heterocycles. The van der Waals surface area contributed by atoms with Crippen molar-refractivity contribution in [1.29, 1.82) is 0 Å². The molecular formula is C35H65N5O11. The van der Waals surface area contributed by atoms with Crippen molar-refractivity contribution in [2.45, 2.75) is 122 Å². The number of ether oxygens (including phenoxy) is 5. The Morgan fingerprint density at radius 2 is 0.961 bits per heavy atom. The maximum absolute atomic E-state index is 12.3. The van der Waals surface area contributed by atoms with Crippen LogP contribution in [-0.2, 0) is 42.9 Å². The van der Waals surface area contributed by atoms with Gasteiger partial charge in [0.15, 0.2) is 0 Å². The second-order valence-corrected chi connectivity index (χ2v) is 12.2. The second-order valence-electron chi connectivity index (χ2n) is 12.2. The number of amides is 2. The molecule has 0 rings (SSSR count). The molecule has 0 aliphatic heterocycles. The molecule has 1 atom stereocenters. The van der Waals surface area contributed by atoms with Gasteiger partial charge in [-0.1, -0.05) is 82.2 Å². The maximum Gasteiger partial charge on any atom is 0.326 e. The summed E-state index contributed by atoms with van der Waals surface area (Å²) in [7, 11) is 0. The van der Waals surface area contributed by atoms with Gasteiger partial charge in [-0.3, -0.25) is 14.4 Å². The fraction of sp³-hybridized carbons (Fsp3) is 0.886. The SMILES string of the molecule is [N-]=[N+]=NCCOCCOCCOCCOCCOCCNC(=O)CC[C@H](NC(=O)CCCCCCCCCCCCCCCCC(=O)O)C(=O)O. The molecule has 0 aromatic heterocycles. The van der Waals surface area contributed by atoms with Gasteiger partial charge in [-0.05, 0) is 24.8 Å². The molecule has 0 bridgehead atoms. The smallest absolute Gasteiger partial charge is 0.326 e. The summed E-state index contributed by atoms with van der Waals surface area (Å²) >= 11 is 0. The molecule has 0 radical (unpaired) electrons. The summed E-state index contributed by atoms with van der Waals surface area (Å²) in [6.07, 6.45) is 15.8. The van der Waals surface area contributed by atoms with Gasteiger partial charge < -0.3 is 44.5 Å². The van der Waals surface area contributed by atoms with Crippen molar-refractivity contribution in [2.75, 3.05) is 79.2 Å². The normalized spacial score (nSPS) is 11.5. The third-order valence-electron chi connectivity index (χ3n) is 7.79. The molecule has 0 fully saturated rings. The largest absolute Gasteiger partial charge is 0.481 e. The first-order valence-electron chi connectivity index (χ1n) is 18.8. The molecule has 0 spiro atoms. The van der Waals surface area contributed by atoms with Crippen LogP contribution < -0.4 is 10.6 Å². The minimum absolute atomic E-state index is 0.0111. The minimum atomic E-state index is -1.16. The first-order valence-corrected chi connectivity index (χ1v) is 18.8. The third kappa shape index (κ3) is 38.1. The van der Waals surface area contributed by atoms with E-state index in [2.05, 4.69) is 20.7 Å². The molecule has 0 aromatic carbocycles. The van der Waals surface area contributed by atoms with Crippen LogP contribution >= 0.6 is 0 Å². The number of carbonyl (C=O) groups excluding carboxylic acids is 2. The van der Waals surface area contributed by atoms with Crippen LogP contribution in [0.2, 0.25) is 0 Å². The Balaban J connectivity index is 3.58. The lowest BCUT2D eigenvalue weighted by Gasteiger charge is -2.14. The molecule has 2 amide bonds. The summed E-state index contributed by atoms with van der Waals surface area (Å²) in [6, 6.07) is -1.10. The monoisotopic (exact) mass is 731 g/mol. The number of carboxylic acids is 2. The van der Waals surface area contributed by atoms with Crippen LogP contribution in [0.15, 0.2) is 5.11 Å². The number of carboxylic acid groups (broad SMARTS) is 2. The van der Waals surface area contributed by atoms with Crippen molar-refractivity contribution in [3.63, 3.8) is 0 Å². The number of carbonyl (C=O) groups is 4. The second kappa shape index (κ2) is 38.2. The van der Waals surface area contributed by atoms with Gasteiger partial charge in [0.2, 0.25) is 11.8 Å². The zero-order chi connectivity index (χ0) is 37.5. The minimum Gasteiger partial charge on any atom is -0.481 e. The summed E-state index contributed by atoms with van der Waals surface area (Å²) in [6.45, 7) is 4.53. The van der Waals surface area contributed by atoms with Gasteiger partial charge >= 0.3 is 11.9 Å². The number of nitrogens with one attached hydrogen (secondary N) is 2. The lowest BCUT2D eigenvalue weighted by molar-refractivity contribution is -0.142. The van der Waals surface area contributed by atoms with Crippen molar-refractivity contribution in [3.05, 3.63) is 10.4 Å². The van der Waals surface area contributed by atoms with Gasteiger partial charge in [-0.25, -0.2) is 4.79 Å². The molecule has 0 saturated carbocycles. The summed E-state index contributed by atoms with van der Waals surface area (Å²) in [5.41, 5.74) is 8.15. The Kier molecular flexibility index (Phi) is 36.0. The molecule has 0 aliphatic carbocycles. The molecule has 51 heavy (non-hydrogen) atoms. The number of hydrogen-bond acceptors (Lipinski definition) is 10. The van der Waals surface area contributed by atoms with E-state index in [1.165, 1.54) is 44.9 Å². The standard InChI is InChI=1S/C35H65N5O11/c36-40-38-20-22-48-24-26-50-28-30-51-29-27-49-25-23-47-21-19-37-32(41)18-17-31(35(45)46)39-33(42)15-13-11-9-7-5-3-1-2-4-6-8-10-12-14-16-34(43)44/h31H,1-30H2,(H,37,41)(H,39,42)(H,43,44)(H,45,46)/t31-/m0/s1. The van der Waals surface area contributed by atoms with Crippen LogP contribution in [0.3, 0.4) is 0 Å². The van der Waals surface area contributed by atoms with Crippen LogP contribution in [0, 0.1) is 0 Å². The van der Waals surface area contributed by atoms with Crippen molar-refractivity contribution >= 4 is 23.8 Å². The summed E-state index contributed by atoms with van der Waals surface area (Å²) in [5.74, 6) is -2.48. The van der Waals surface area contributed by atoms with Gasteiger partial charge in [0.1, 0.15) is 6.04 Å². The number of hydrogen-bond donors (Lipinski definition) is 4. The average molecular weight is 732 g/mol. The van der Waals surface area contributed by atoms with Crippen molar-refractivity contribution in [3.8, 4) is 0 Å². The van der Waals surface area contributed by atoms with Crippen LogP contribution in [0.1, 0.15) is 116 Å². The number of aliphatic carboxylic acids is 2. The maximum atomic E-state index is 12.3. The Bertz CT molecular complexity index is 923. The number of rotatable bonds is 40. The average Bonchev–Trinajstić information content (AvgIpc) is 3.10. The molecule has 0 aromatic rings. The van der Waals surface area contributed by atoms with E-state index in [1.807, 2.05) is 0 Å². The molecule has 0 heterocycles. The highest BCUT2D eigenvalue weighted by Crippen LogP contribution is 2.14. The van der Waals surface area contributed by atoms with Crippen LogP contribution in [0.5, 0.6) is 0 Å². The van der Waals surface area contributed by atoms with E-state index in [0.29, 0.717) is 72.4 Å². The molecule has 0 aliphatic rings. The lowest BCUT2D eigenvalue weighted by atomic mass is 10.0. The Labute approximate surface area is 303 Å². The highest BCUT2D eigenvalue weighted by Gasteiger charge is 2.20.